The fraction of sp³-hybridized carbons (Fsp3) is 0.250. The third kappa shape index (κ3) is 5.52. The molecule has 160 valence electrons. The van der Waals surface area contributed by atoms with E-state index in [-0.39, 0.29) is 12.7 Å². The van der Waals surface area contributed by atoms with E-state index in [1.54, 1.807) is 30.3 Å². The number of benzene rings is 3. The van der Waals surface area contributed by atoms with E-state index in [2.05, 4.69) is 10.9 Å². The molecule has 4 rings (SSSR count). The van der Waals surface area contributed by atoms with Crippen molar-refractivity contribution in [3.05, 3.63) is 72.3 Å². The molecule has 1 heterocycles. The molecule has 0 radical (unpaired) electrons. The molecule has 3 aromatic carbocycles. The molecule has 0 bridgehead atoms. The molecule has 31 heavy (non-hydrogen) atoms. The van der Waals surface area contributed by atoms with E-state index < -0.39 is 11.8 Å². The number of hydrogen-bond donors (Lipinski definition) is 2. The highest BCUT2D eigenvalue weighted by Crippen LogP contribution is 2.25. The Kier molecular flexibility index (Phi) is 6.64. The first-order valence-corrected chi connectivity index (χ1v) is 10.2. The van der Waals surface area contributed by atoms with Crippen LogP contribution in [0.25, 0.3) is 10.8 Å². The molecule has 2 amide bonds. The number of rotatable bonds is 7. The Bertz CT molecular complexity index is 1040. The first-order chi connectivity index (χ1) is 15.2. The van der Waals surface area contributed by atoms with Crippen molar-refractivity contribution >= 4 is 22.6 Å². The third-order valence-electron chi connectivity index (χ3n) is 5.00. The van der Waals surface area contributed by atoms with Crippen molar-refractivity contribution in [1.29, 1.82) is 0 Å². The van der Waals surface area contributed by atoms with Gasteiger partial charge in [0.1, 0.15) is 18.1 Å². The molecular weight excluding hydrogens is 396 g/mol. The molecule has 1 saturated heterocycles. The second kappa shape index (κ2) is 9.95. The lowest BCUT2D eigenvalue weighted by atomic mass is 10.1. The number of nitrogens with one attached hydrogen (secondary N) is 2. The van der Waals surface area contributed by atoms with Crippen LogP contribution in [0, 0.1) is 0 Å². The summed E-state index contributed by atoms with van der Waals surface area (Å²) in [6.45, 7) is 1.06. The number of hydrogen-bond acceptors (Lipinski definition) is 5. The van der Waals surface area contributed by atoms with Crippen molar-refractivity contribution in [1.82, 2.24) is 10.9 Å². The van der Waals surface area contributed by atoms with Gasteiger partial charge in [0.05, 0.1) is 6.10 Å². The van der Waals surface area contributed by atoms with Crippen LogP contribution in [0.2, 0.25) is 0 Å². The summed E-state index contributed by atoms with van der Waals surface area (Å²) in [7, 11) is 0. The zero-order chi connectivity index (χ0) is 21.5. The molecule has 1 fully saturated rings. The van der Waals surface area contributed by atoms with Crippen LogP contribution < -0.4 is 20.3 Å². The molecule has 0 spiro atoms. The molecule has 0 aromatic heterocycles. The zero-order valence-electron chi connectivity index (χ0n) is 17.0. The van der Waals surface area contributed by atoms with Gasteiger partial charge in [-0.2, -0.15) is 0 Å². The minimum Gasteiger partial charge on any atom is -0.491 e. The van der Waals surface area contributed by atoms with Crippen LogP contribution in [0.3, 0.4) is 0 Å². The van der Waals surface area contributed by atoms with Gasteiger partial charge in [-0.3, -0.25) is 20.4 Å². The second-order valence-electron chi connectivity index (χ2n) is 7.24. The van der Waals surface area contributed by atoms with Gasteiger partial charge >= 0.3 is 0 Å². The molecule has 1 aliphatic heterocycles. The minimum atomic E-state index is -0.460. The molecule has 3 aromatic rings. The highest BCUT2D eigenvalue weighted by Gasteiger charge is 2.16. The molecule has 7 heteroatoms. The summed E-state index contributed by atoms with van der Waals surface area (Å²) in [6, 6.07) is 20.1. The van der Waals surface area contributed by atoms with Crippen LogP contribution in [0.5, 0.6) is 11.5 Å². The predicted octanol–water partition coefficient (Wildman–Crippen LogP) is 3.24. The quantitative estimate of drug-likeness (QED) is 0.573. The molecule has 2 N–H and O–H groups in total. The average molecular weight is 420 g/mol. The van der Waals surface area contributed by atoms with Crippen LogP contribution in [0.1, 0.15) is 23.2 Å². The number of hydrazine groups is 1. The lowest BCUT2D eigenvalue weighted by Gasteiger charge is -2.12. The topological polar surface area (TPSA) is 85.9 Å². The number of amides is 2. The Labute approximate surface area is 180 Å². The van der Waals surface area contributed by atoms with E-state index >= 15 is 0 Å². The van der Waals surface area contributed by atoms with Gasteiger partial charge in [-0.15, -0.1) is 0 Å². The Morgan fingerprint density at radius 3 is 2.55 bits per heavy atom. The predicted molar refractivity (Wildman–Crippen MR) is 116 cm³/mol. The van der Waals surface area contributed by atoms with E-state index in [0.717, 1.165) is 30.2 Å². The van der Waals surface area contributed by atoms with Crippen molar-refractivity contribution in [2.75, 3.05) is 19.8 Å². The minimum absolute atomic E-state index is 0.134. The van der Waals surface area contributed by atoms with Gasteiger partial charge in [-0.25, -0.2) is 0 Å². The van der Waals surface area contributed by atoms with Crippen molar-refractivity contribution in [3.8, 4) is 11.5 Å². The summed E-state index contributed by atoms with van der Waals surface area (Å²) in [5.41, 5.74) is 5.16. The van der Waals surface area contributed by atoms with Crippen molar-refractivity contribution in [3.63, 3.8) is 0 Å². The summed E-state index contributed by atoms with van der Waals surface area (Å²) in [5.74, 6) is 0.389. The van der Waals surface area contributed by atoms with Crippen LogP contribution in [-0.2, 0) is 9.53 Å². The standard InChI is InChI=1S/C24H24N2O5/c27-23(16-31-22-9-3-6-17-5-1-2-8-21(17)22)25-26-24(28)18-10-12-19(13-11-18)30-15-20-7-4-14-29-20/h1-3,5-6,8-13,20H,4,7,14-16H2,(H,25,27)(H,26,28). The fourth-order valence-corrected chi connectivity index (χ4v) is 3.37. The van der Waals surface area contributed by atoms with Gasteiger partial charge in [0, 0.05) is 17.6 Å². The van der Waals surface area contributed by atoms with Gasteiger partial charge < -0.3 is 14.2 Å². The van der Waals surface area contributed by atoms with E-state index in [4.69, 9.17) is 14.2 Å². The van der Waals surface area contributed by atoms with Crippen LogP contribution in [-0.4, -0.2) is 37.7 Å². The Hall–Kier alpha value is -3.58. The van der Waals surface area contributed by atoms with E-state index in [9.17, 15) is 9.59 Å². The molecular formula is C24H24N2O5. The number of fused-ring (bicyclic) bond motifs is 1. The first kappa shape index (κ1) is 20.7. The Morgan fingerprint density at radius 2 is 1.74 bits per heavy atom. The van der Waals surface area contributed by atoms with Crippen molar-refractivity contribution < 1.29 is 23.8 Å². The summed E-state index contributed by atoms with van der Waals surface area (Å²) < 4.78 is 16.8. The van der Waals surface area contributed by atoms with Crippen molar-refractivity contribution in [2.24, 2.45) is 0 Å². The fourth-order valence-electron chi connectivity index (χ4n) is 3.37. The van der Waals surface area contributed by atoms with Gasteiger partial charge in [0.25, 0.3) is 11.8 Å². The third-order valence-corrected chi connectivity index (χ3v) is 5.00. The van der Waals surface area contributed by atoms with Gasteiger partial charge in [-0.05, 0) is 48.6 Å². The molecule has 0 aliphatic carbocycles. The summed E-state index contributed by atoms with van der Waals surface area (Å²) in [4.78, 5) is 24.3. The maximum Gasteiger partial charge on any atom is 0.276 e. The number of carbonyl (C=O) groups is 2. The number of carbonyl (C=O) groups excluding carboxylic acids is 2. The molecule has 7 nitrogen and oxygen atoms in total. The highest BCUT2D eigenvalue weighted by molar-refractivity contribution is 5.95. The first-order valence-electron chi connectivity index (χ1n) is 10.2. The van der Waals surface area contributed by atoms with Crippen LogP contribution in [0.4, 0.5) is 0 Å². The molecule has 1 unspecified atom stereocenters. The maximum atomic E-state index is 12.2. The van der Waals surface area contributed by atoms with E-state index in [1.165, 1.54) is 0 Å². The summed E-state index contributed by atoms with van der Waals surface area (Å²) in [6.07, 6.45) is 2.20. The van der Waals surface area contributed by atoms with Gasteiger partial charge in [0.15, 0.2) is 6.61 Å². The lowest BCUT2D eigenvalue weighted by molar-refractivity contribution is -0.123. The van der Waals surface area contributed by atoms with Gasteiger partial charge in [0.2, 0.25) is 0 Å². The highest BCUT2D eigenvalue weighted by atomic mass is 16.5. The Balaban J connectivity index is 1.23. The van der Waals surface area contributed by atoms with Crippen LogP contribution in [0.15, 0.2) is 66.7 Å². The summed E-state index contributed by atoms with van der Waals surface area (Å²) >= 11 is 0. The van der Waals surface area contributed by atoms with Gasteiger partial charge in [-0.1, -0.05) is 36.4 Å². The second-order valence-corrected chi connectivity index (χ2v) is 7.24. The normalized spacial score (nSPS) is 15.4. The number of ether oxygens (including phenoxy) is 3. The van der Waals surface area contributed by atoms with E-state index in [0.29, 0.717) is 23.7 Å². The monoisotopic (exact) mass is 420 g/mol. The van der Waals surface area contributed by atoms with E-state index in [1.807, 2.05) is 36.4 Å². The summed E-state index contributed by atoms with van der Waals surface area (Å²) in [5, 5.41) is 1.94. The van der Waals surface area contributed by atoms with Crippen LogP contribution >= 0.6 is 0 Å². The largest absolute Gasteiger partial charge is 0.491 e. The maximum absolute atomic E-state index is 12.2. The zero-order valence-corrected chi connectivity index (χ0v) is 17.0. The molecule has 1 atom stereocenters. The molecule has 1 aliphatic rings. The smallest absolute Gasteiger partial charge is 0.276 e. The average Bonchev–Trinajstić information content (AvgIpc) is 3.34. The van der Waals surface area contributed by atoms with Crippen molar-refractivity contribution in [2.45, 2.75) is 18.9 Å². The molecule has 0 saturated carbocycles. The SMILES string of the molecule is O=C(COc1cccc2ccccc12)NNC(=O)c1ccc(OCC2CCCO2)cc1. The Morgan fingerprint density at radius 1 is 0.935 bits per heavy atom. The lowest BCUT2D eigenvalue weighted by Crippen LogP contribution is -2.43.